The number of alkyl halides is 3. The first-order chi connectivity index (χ1) is 19.8. The maximum atomic E-state index is 14.4. The number of carbonyl (C=O) groups excluding carboxylic acids is 1. The minimum Gasteiger partial charge on any atom is -0.405 e. The van der Waals surface area contributed by atoms with Gasteiger partial charge in [-0.3, -0.25) is 4.79 Å². The molecular weight excluding hydrogens is 562 g/mol. The zero-order chi connectivity index (χ0) is 28.3. The molecule has 1 aliphatic heterocycles. The Labute approximate surface area is 236 Å². The fraction of sp³-hybridized carbons (Fsp3) is 0.414. The second-order valence-electron chi connectivity index (χ2n) is 11.0. The molecule has 2 aromatic carbocycles. The second-order valence-corrected chi connectivity index (χ2v) is 12.0. The fourth-order valence-corrected chi connectivity index (χ4v) is 7.20. The highest BCUT2D eigenvalue weighted by atomic mass is 32.1. The minimum absolute atomic E-state index is 0.00779. The van der Waals surface area contributed by atoms with Gasteiger partial charge in [-0.25, -0.2) is 9.37 Å². The second kappa shape index (κ2) is 10.1. The lowest BCUT2D eigenvalue weighted by Crippen LogP contribution is -2.23. The molecule has 1 unspecified atom stereocenters. The number of nitrogens with zero attached hydrogens (tertiary/aromatic N) is 3. The van der Waals surface area contributed by atoms with E-state index in [1.807, 2.05) is 0 Å². The van der Waals surface area contributed by atoms with Crippen LogP contribution >= 0.6 is 11.3 Å². The van der Waals surface area contributed by atoms with Crippen molar-refractivity contribution >= 4 is 33.0 Å². The predicted molar refractivity (Wildman–Crippen MR) is 143 cm³/mol. The van der Waals surface area contributed by atoms with E-state index in [1.54, 1.807) is 18.2 Å². The quantitative estimate of drug-likeness (QED) is 0.161. The van der Waals surface area contributed by atoms with Crippen LogP contribution in [0.25, 0.3) is 21.5 Å². The number of benzene rings is 2. The Balaban J connectivity index is 1.04. The molecule has 0 N–H and O–H groups in total. The van der Waals surface area contributed by atoms with Crippen molar-refractivity contribution in [2.45, 2.75) is 50.7 Å². The molecule has 7 rings (SSSR count). The van der Waals surface area contributed by atoms with E-state index in [2.05, 4.69) is 19.8 Å². The van der Waals surface area contributed by atoms with Gasteiger partial charge in [-0.05, 0) is 61.8 Å². The summed E-state index contributed by atoms with van der Waals surface area (Å²) in [7, 11) is 0. The minimum atomic E-state index is -4.83. The molecule has 2 aliphatic carbocycles. The van der Waals surface area contributed by atoms with Crippen molar-refractivity contribution in [1.29, 1.82) is 0 Å². The van der Waals surface area contributed by atoms with Gasteiger partial charge in [-0.2, -0.15) is 0 Å². The summed E-state index contributed by atoms with van der Waals surface area (Å²) in [4.78, 5) is 17.8. The van der Waals surface area contributed by atoms with Crippen LogP contribution in [-0.2, 0) is 11.3 Å². The van der Waals surface area contributed by atoms with Crippen LogP contribution < -0.4 is 9.64 Å². The molecule has 0 radical (unpaired) electrons. The number of aldehydes is 1. The van der Waals surface area contributed by atoms with E-state index in [-0.39, 0.29) is 35.5 Å². The number of aromatic nitrogens is 2. The highest BCUT2D eigenvalue weighted by molar-refractivity contribution is 7.22. The number of halogens is 4. The lowest BCUT2D eigenvalue weighted by molar-refractivity contribution is -0.274. The largest absolute Gasteiger partial charge is 0.573 e. The zero-order valence-corrected chi connectivity index (χ0v) is 22.5. The first-order valence-electron chi connectivity index (χ1n) is 13.5. The maximum Gasteiger partial charge on any atom is 0.573 e. The van der Waals surface area contributed by atoms with Crippen LogP contribution in [0.4, 0.5) is 22.7 Å². The Morgan fingerprint density at radius 3 is 2.59 bits per heavy atom. The molecule has 2 aromatic heterocycles. The van der Waals surface area contributed by atoms with Gasteiger partial charge < -0.3 is 18.9 Å². The molecule has 41 heavy (non-hydrogen) atoms. The van der Waals surface area contributed by atoms with Crippen molar-refractivity contribution in [2.24, 2.45) is 11.8 Å². The number of ether oxygens (including phenoxy) is 2. The van der Waals surface area contributed by atoms with Gasteiger partial charge in [0.2, 0.25) is 0 Å². The fourth-order valence-electron chi connectivity index (χ4n) is 6.15. The van der Waals surface area contributed by atoms with Crippen molar-refractivity contribution in [2.75, 3.05) is 18.0 Å². The van der Waals surface area contributed by atoms with Crippen LogP contribution in [0.1, 0.15) is 53.3 Å². The predicted octanol–water partition coefficient (Wildman–Crippen LogP) is 7.11. The Bertz CT molecular complexity index is 1600. The number of hydrogen-bond acceptors (Lipinski definition) is 8. The Hall–Kier alpha value is -3.51. The number of fused-ring (bicyclic) bond motifs is 2. The Morgan fingerprint density at radius 1 is 1.12 bits per heavy atom. The van der Waals surface area contributed by atoms with Crippen molar-refractivity contribution < 1.29 is 36.4 Å². The number of anilines is 1. The first kappa shape index (κ1) is 26.4. The van der Waals surface area contributed by atoms with E-state index < -0.39 is 12.2 Å². The molecule has 12 heteroatoms. The van der Waals surface area contributed by atoms with Crippen LogP contribution in [0.2, 0.25) is 0 Å². The third-order valence-corrected chi connectivity index (χ3v) is 9.23. The zero-order valence-electron chi connectivity index (χ0n) is 21.7. The van der Waals surface area contributed by atoms with Gasteiger partial charge in [-0.1, -0.05) is 28.6 Å². The van der Waals surface area contributed by atoms with E-state index in [9.17, 15) is 22.4 Å². The molecule has 2 saturated carbocycles. The highest BCUT2D eigenvalue weighted by Gasteiger charge is 2.43. The monoisotopic (exact) mass is 587 g/mol. The molecule has 0 spiro atoms. The topological polar surface area (TPSA) is 77.7 Å². The molecule has 3 heterocycles. The van der Waals surface area contributed by atoms with Crippen molar-refractivity contribution in [3.63, 3.8) is 0 Å². The summed E-state index contributed by atoms with van der Waals surface area (Å²) in [5.74, 6) is 0.812. The van der Waals surface area contributed by atoms with Gasteiger partial charge in [0.25, 0.3) is 0 Å². The van der Waals surface area contributed by atoms with E-state index in [1.165, 1.54) is 29.5 Å². The average Bonchev–Trinajstić information content (AvgIpc) is 3.24. The number of carbonyl (C=O) groups is 1. The molecule has 0 amide bonds. The summed E-state index contributed by atoms with van der Waals surface area (Å²) >= 11 is 1.39. The van der Waals surface area contributed by atoms with Gasteiger partial charge in [0.15, 0.2) is 10.9 Å². The number of rotatable bonds is 8. The standard InChI is InChI=1S/C29H25F4N3O4S/c30-22-7-15(13-37)8-24-26(22)34-28(41-24)36-11-17-9-19(10-18(17)12-36)38-14-21-25(35-40-27(21)16-5-6-16)20-3-1-2-4-23(20)39-29(31,32)33/h1-4,7-8,13,16-19H,5-6,9-12,14H2/t17-,18+,19?. The molecule has 0 bridgehead atoms. The van der Waals surface area contributed by atoms with Crippen LogP contribution in [0.3, 0.4) is 0 Å². The number of thiazole rings is 1. The van der Waals surface area contributed by atoms with Gasteiger partial charge >= 0.3 is 6.36 Å². The molecule has 3 fully saturated rings. The van der Waals surface area contributed by atoms with Gasteiger partial charge in [0.05, 0.1) is 17.4 Å². The molecule has 7 nitrogen and oxygen atoms in total. The molecule has 214 valence electrons. The normalized spacial score (nSPS) is 22.4. The van der Waals surface area contributed by atoms with Crippen LogP contribution in [0, 0.1) is 17.7 Å². The third kappa shape index (κ3) is 5.19. The van der Waals surface area contributed by atoms with Crippen LogP contribution in [0.15, 0.2) is 40.9 Å². The van der Waals surface area contributed by atoms with Gasteiger partial charge in [0, 0.05) is 35.7 Å². The van der Waals surface area contributed by atoms with Crippen molar-refractivity contribution in [3.8, 4) is 17.0 Å². The third-order valence-electron chi connectivity index (χ3n) is 8.17. The van der Waals surface area contributed by atoms with Crippen molar-refractivity contribution in [1.82, 2.24) is 10.1 Å². The Morgan fingerprint density at radius 2 is 1.88 bits per heavy atom. The summed E-state index contributed by atoms with van der Waals surface area (Å²) in [6.07, 6.45) is -0.648. The summed E-state index contributed by atoms with van der Waals surface area (Å²) in [6, 6.07) is 8.80. The Kier molecular flexibility index (Phi) is 6.50. The molecular formula is C29H25F4N3O4S. The number of hydrogen-bond donors (Lipinski definition) is 0. The SMILES string of the molecule is O=Cc1cc(F)c2nc(N3C[C@H]4CC(OCc5c(-c6ccccc6OC(F)(F)F)noc5C5CC5)C[C@H]4C3)sc2c1. The highest BCUT2D eigenvalue weighted by Crippen LogP contribution is 2.47. The van der Waals surface area contributed by atoms with E-state index in [0.717, 1.165) is 43.9 Å². The van der Waals surface area contributed by atoms with Crippen LogP contribution in [-0.4, -0.2) is 42.0 Å². The van der Waals surface area contributed by atoms with Crippen LogP contribution in [0.5, 0.6) is 5.75 Å². The summed E-state index contributed by atoms with van der Waals surface area (Å²) in [6.45, 7) is 1.75. The average molecular weight is 588 g/mol. The maximum absolute atomic E-state index is 14.4. The summed E-state index contributed by atoms with van der Waals surface area (Å²) in [5.41, 5.74) is 1.78. The lowest BCUT2D eigenvalue weighted by atomic mass is 10.0. The molecule has 1 saturated heterocycles. The number of para-hydroxylation sites is 1. The van der Waals surface area contributed by atoms with Crippen molar-refractivity contribution in [3.05, 3.63) is 59.1 Å². The summed E-state index contributed by atoms with van der Waals surface area (Å²) in [5, 5.41) is 4.91. The van der Waals surface area contributed by atoms with E-state index in [4.69, 9.17) is 9.26 Å². The van der Waals surface area contributed by atoms with E-state index in [0.29, 0.717) is 45.4 Å². The summed E-state index contributed by atoms with van der Waals surface area (Å²) < 4.78 is 70.5. The van der Waals surface area contributed by atoms with E-state index >= 15 is 0 Å². The smallest absolute Gasteiger partial charge is 0.405 e. The molecule has 4 aromatic rings. The first-order valence-corrected chi connectivity index (χ1v) is 14.3. The molecule has 3 atom stereocenters. The molecule has 3 aliphatic rings. The lowest BCUT2D eigenvalue weighted by Gasteiger charge is -2.19. The van der Waals surface area contributed by atoms with Gasteiger partial charge in [0.1, 0.15) is 29.0 Å². The van der Waals surface area contributed by atoms with Gasteiger partial charge in [-0.15, -0.1) is 13.2 Å².